The van der Waals surface area contributed by atoms with Gasteiger partial charge in [-0.1, -0.05) is 25.7 Å². The van der Waals surface area contributed by atoms with Crippen molar-refractivity contribution in [1.82, 2.24) is 0 Å². The molecular weight excluding hydrogens is 321 g/mol. The highest BCUT2D eigenvalue weighted by Crippen LogP contribution is 2.57. The SMILES string of the molecule is CC(C)(C)OP(=O)(N=C(C1CCCC1)C1CCCC1)OC(C)(C)C. The molecule has 0 spiro atoms. The molecule has 5 heteroatoms. The largest absolute Gasteiger partial charge is 0.454 e. The molecule has 0 N–H and O–H groups in total. The zero-order valence-corrected chi connectivity index (χ0v) is 17.3. The van der Waals surface area contributed by atoms with Gasteiger partial charge < -0.3 is 0 Å². The maximum Gasteiger partial charge on any atom is 0.454 e. The molecule has 0 amide bonds. The molecule has 2 rings (SSSR count). The molecule has 0 aromatic carbocycles. The molecule has 0 atom stereocenters. The van der Waals surface area contributed by atoms with Crippen molar-refractivity contribution >= 4 is 13.5 Å². The van der Waals surface area contributed by atoms with Gasteiger partial charge in [0.1, 0.15) is 0 Å². The molecule has 2 fully saturated rings. The van der Waals surface area contributed by atoms with E-state index in [1.807, 2.05) is 41.5 Å². The van der Waals surface area contributed by atoms with Crippen molar-refractivity contribution < 1.29 is 13.6 Å². The third-order valence-electron chi connectivity index (χ3n) is 4.56. The Morgan fingerprint density at radius 2 is 1.12 bits per heavy atom. The van der Waals surface area contributed by atoms with E-state index in [4.69, 9.17) is 13.8 Å². The zero-order chi connectivity index (χ0) is 18.0. The third-order valence-corrected chi connectivity index (χ3v) is 6.60. The van der Waals surface area contributed by atoms with E-state index in [2.05, 4.69) is 0 Å². The molecule has 0 aromatic rings. The Morgan fingerprint density at radius 3 is 1.42 bits per heavy atom. The zero-order valence-electron chi connectivity index (χ0n) is 16.4. The molecule has 4 nitrogen and oxygen atoms in total. The van der Waals surface area contributed by atoms with E-state index in [0.29, 0.717) is 11.8 Å². The Labute approximate surface area is 148 Å². The van der Waals surface area contributed by atoms with Gasteiger partial charge in [0.15, 0.2) is 0 Å². The topological polar surface area (TPSA) is 47.9 Å². The van der Waals surface area contributed by atoms with Crippen LogP contribution >= 0.6 is 7.75 Å². The van der Waals surface area contributed by atoms with Gasteiger partial charge in [-0.05, 0) is 79.1 Å². The number of hydrogen-bond donors (Lipinski definition) is 0. The van der Waals surface area contributed by atoms with Gasteiger partial charge in [0.2, 0.25) is 0 Å². The molecule has 140 valence electrons. The first-order valence-electron chi connectivity index (χ1n) is 9.59. The lowest BCUT2D eigenvalue weighted by atomic mass is 9.90. The summed E-state index contributed by atoms with van der Waals surface area (Å²) in [5.74, 6) is 0.933. The minimum atomic E-state index is -3.54. The number of nitrogens with zero attached hydrogens (tertiary/aromatic N) is 1. The van der Waals surface area contributed by atoms with Gasteiger partial charge in [-0.3, -0.25) is 9.05 Å². The molecule has 0 aliphatic heterocycles. The van der Waals surface area contributed by atoms with E-state index in [-0.39, 0.29) is 0 Å². The number of rotatable bonds is 5. The third kappa shape index (κ3) is 6.28. The van der Waals surface area contributed by atoms with Crippen LogP contribution in [0.25, 0.3) is 0 Å². The van der Waals surface area contributed by atoms with E-state index in [9.17, 15) is 4.57 Å². The predicted octanol–water partition coefficient (Wildman–Crippen LogP) is 6.55. The van der Waals surface area contributed by atoms with Crippen LogP contribution in [0, 0.1) is 11.8 Å². The average Bonchev–Trinajstić information content (AvgIpc) is 3.05. The minimum Gasteiger partial charge on any atom is -0.285 e. The van der Waals surface area contributed by atoms with Crippen LogP contribution in [0.2, 0.25) is 0 Å². The Balaban J connectivity index is 2.35. The summed E-state index contributed by atoms with van der Waals surface area (Å²) >= 11 is 0. The van der Waals surface area contributed by atoms with Crippen molar-refractivity contribution in [3.05, 3.63) is 0 Å². The number of hydrogen-bond acceptors (Lipinski definition) is 3. The highest BCUT2D eigenvalue weighted by Gasteiger charge is 2.39. The summed E-state index contributed by atoms with van der Waals surface area (Å²) in [5.41, 5.74) is 0.0171. The van der Waals surface area contributed by atoms with E-state index in [0.717, 1.165) is 5.71 Å². The molecular formula is C19H36NO3P. The molecule has 0 aromatic heterocycles. The maximum absolute atomic E-state index is 13.5. The van der Waals surface area contributed by atoms with E-state index < -0.39 is 18.9 Å². The van der Waals surface area contributed by atoms with Gasteiger partial charge in [0.25, 0.3) is 0 Å². The van der Waals surface area contributed by atoms with Crippen LogP contribution in [0.15, 0.2) is 4.76 Å². The van der Waals surface area contributed by atoms with Gasteiger partial charge in [-0.15, -0.1) is 0 Å². The highest BCUT2D eigenvalue weighted by molar-refractivity contribution is 7.52. The van der Waals surface area contributed by atoms with Crippen LogP contribution in [-0.2, 0) is 13.6 Å². The lowest BCUT2D eigenvalue weighted by molar-refractivity contribution is 0.0495. The van der Waals surface area contributed by atoms with Crippen molar-refractivity contribution in [2.45, 2.75) is 104 Å². The fraction of sp³-hybridized carbons (Fsp3) is 0.947. The molecule has 0 saturated heterocycles. The van der Waals surface area contributed by atoms with Crippen LogP contribution in [0.3, 0.4) is 0 Å². The molecule has 2 aliphatic rings. The molecule has 0 heterocycles. The Morgan fingerprint density at radius 1 is 0.792 bits per heavy atom. The lowest BCUT2D eigenvalue weighted by Crippen LogP contribution is -2.25. The quantitative estimate of drug-likeness (QED) is 0.414. The van der Waals surface area contributed by atoms with E-state index >= 15 is 0 Å². The molecule has 24 heavy (non-hydrogen) atoms. The van der Waals surface area contributed by atoms with Crippen molar-refractivity contribution in [3.63, 3.8) is 0 Å². The van der Waals surface area contributed by atoms with Crippen molar-refractivity contribution in [2.75, 3.05) is 0 Å². The van der Waals surface area contributed by atoms with Gasteiger partial charge in [-0.2, -0.15) is 4.76 Å². The summed E-state index contributed by atoms with van der Waals surface area (Å²) in [6.45, 7) is 11.5. The van der Waals surface area contributed by atoms with Crippen LogP contribution in [0.5, 0.6) is 0 Å². The Hall–Kier alpha value is -0.180. The van der Waals surface area contributed by atoms with Gasteiger partial charge in [0, 0.05) is 5.71 Å². The van der Waals surface area contributed by atoms with Gasteiger partial charge in [-0.25, -0.2) is 4.57 Å². The molecule has 2 aliphatic carbocycles. The van der Waals surface area contributed by atoms with Crippen molar-refractivity contribution in [3.8, 4) is 0 Å². The first kappa shape index (κ1) is 20.1. The first-order valence-corrected chi connectivity index (χ1v) is 11.1. The van der Waals surface area contributed by atoms with Crippen LogP contribution in [-0.4, -0.2) is 16.9 Å². The van der Waals surface area contributed by atoms with Crippen LogP contribution < -0.4 is 0 Å². The summed E-state index contributed by atoms with van der Waals surface area (Å²) < 4.78 is 30.1. The van der Waals surface area contributed by atoms with Gasteiger partial charge in [0.05, 0.1) is 11.2 Å². The summed E-state index contributed by atoms with van der Waals surface area (Å²) in [6.07, 6.45) is 9.67. The second-order valence-electron chi connectivity index (χ2n) is 9.36. The molecule has 0 bridgehead atoms. The van der Waals surface area contributed by atoms with Gasteiger partial charge >= 0.3 is 7.75 Å². The minimum absolute atomic E-state index is 0.466. The highest BCUT2D eigenvalue weighted by atomic mass is 31.2. The summed E-state index contributed by atoms with van der Waals surface area (Å²) in [7, 11) is -3.54. The summed E-state index contributed by atoms with van der Waals surface area (Å²) in [6, 6.07) is 0. The fourth-order valence-corrected chi connectivity index (χ4v) is 5.95. The second kappa shape index (κ2) is 7.60. The molecule has 0 radical (unpaired) electrons. The van der Waals surface area contributed by atoms with E-state index in [1.54, 1.807) is 0 Å². The Bertz CT molecular complexity index is 452. The van der Waals surface area contributed by atoms with Crippen LogP contribution in [0.4, 0.5) is 0 Å². The van der Waals surface area contributed by atoms with Crippen molar-refractivity contribution in [1.29, 1.82) is 0 Å². The average molecular weight is 357 g/mol. The molecule has 2 saturated carbocycles. The standard InChI is InChI=1S/C19H36NO3P/c1-18(2,3)22-24(21,23-19(4,5)6)20-17(15-11-7-8-12-15)16-13-9-10-14-16/h15-16H,7-14H2,1-6H3. The smallest absolute Gasteiger partial charge is 0.285 e. The monoisotopic (exact) mass is 357 g/mol. The summed E-state index contributed by atoms with van der Waals surface area (Å²) in [5, 5.41) is 0. The summed E-state index contributed by atoms with van der Waals surface area (Å²) in [4.78, 5) is 0. The molecule has 0 unspecified atom stereocenters. The lowest BCUT2D eigenvalue weighted by Gasteiger charge is -2.31. The maximum atomic E-state index is 13.5. The first-order chi connectivity index (χ1) is 11.0. The predicted molar refractivity (Wildman–Crippen MR) is 101 cm³/mol. The second-order valence-corrected chi connectivity index (χ2v) is 10.9. The van der Waals surface area contributed by atoms with Crippen LogP contribution in [0.1, 0.15) is 92.9 Å². The normalized spacial score (nSPS) is 21.4. The Kier molecular flexibility index (Phi) is 6.37. The fourth-order valence-electron chi connectivity index (χ4n) is 3.83. The van der Waals surface area contributed by atoms with E-state index in [1.165, 1.54) is 51.4 Å². The van der Waals surface area contributed by atoms with Crippen molar-refractivity contribution in [2.24, 2.45) is 16.6 Å².